The summed E-state index contributed by atoms with van der Waals surface area (Å²) in [5, 5.41) is 3.84. The van der Waals surface area contributed by atoms with Crippen molar-refractivity contribution >= 4 is 28.4 Å². The Hall–Kier alpha value is -3.43. The van der Waals surface area contributed by atoms with Gasteiger partial charge in [0.15, 0.2) is 5.65 Å². The topological polar surface area (TPSA) is 74.2 Å². The lowest BCUT2D eigenvalue weighted by Gasteiger charge is -2.60. The summed E-state index contributed by atoms with van der Waals surface area (Å²) in [4.78, 5) is 28.9. The van der Waals surface area contributed by atoms with E-state index in [0.717, 1.165) is 37.9 Å². The lowest BCUT2D eigenvalue weighted by Crippen LogP contribution is -2.72. The molecule has 5 rings (SSSR count). The third kappa shape index (κ3) is 3.80. The van der Waals surface area contributed by atoms with Crippen LogP contribution in [0, 0.1) is 18.2 Å². The Morgan fingerprint density at radius 1 is 1.15 bits per heavy atom. The third-order valence-electron chi connectivity index (χ3n) is 6.68. The van der Waals surface area contributed by atoms with Gasteiger partial charge >= 0.3 is 0 Å². The molecule has 7 nitrogen and oxygen atoms in total. The SMILES string of the molecule is CC(=O)N1CC2(C1)CN(c1cnc3nc(C)nc(N[C@H](C)c4cccc(C(F)F)c4F)c3c1)C2. The van der Waals surface area contributed by atoms with Gasteiger partial charge in [0.25, 0.3) is 6.43 Å². The van der Waals surface area contributed by atoms with Crippen LogP contribution in [0.15, 0.2) is 30.5 Å². The summed E-state index contributed by atoms with van der Waals surface area (Å²) in [5.74, 6) is 0.139. The Kier molecular flexibility index (Phi) is 5.33. The maximum atomic E-state index is 14.7. The van der Waals surface area contributed by atoms with Gasteiger partial charge in [0.05, 0.1) is 28.9 Å². The molecule has 178 valence electrons. The van der Waals surface area contributed by atoms with Crippen LogP contribution < -0.4 is 10.2 Å². The average Bonchev–Trinajstić information content (AvgIpc) is 2.71. The second-order valence-corrected chi connectivity index (χ2v) is 9.33. The fourth-order valence-electron chi connectivity index (χ4n) is 4.88. The molecule has 0 bridgehead atoms. The maximum absolute atomic E-state index is 14.7. The molecule has 4 heterocycles. The zero-order valence-electron chi connectivity index (χ0n) is 19.1. The van der Waals surface area contributed by atoms with Crippen molar-refractivity contribution in [3.8, 4) is 0 Å². The van der Waals surface area contributed by atoms with E-state index in [9.17, 15) is 18.0 Å². The number of aromatic nitrogens is 3. The molecule has 0 saturated carbocycles. The van der Waals surface area contributed by atoms with Crippen molar-refractivity contribution in [1.29, 1.82) is 0 Å². The van der Waals surface area contributed by atoms with E-state index in [0.29, 0.717) is 22.7 Å². The number of nitrogens with one attached hydrogen (secondary N) is 1. The van der Waals surface area contributed by atoms with E-state index in [1.807, 2.05) is 11.0 Å². The molecular weight excluding hydrogens is 445 g/mol. The molecule has 0 radical (unpaired) electrons. The molecule has 1 aromatic carbocycles. The lowest BCUT2D eigenvalue weighted by atomic mass is 9.72. The van der Waals surface area contributed by atoms with Gasteiger partial charge in [-0.15, -0.1) is 0 Å². The molecule has 1 spiro atoms. The average molecular weight is 470 g/mol. The van der Waals surface area contributed by atoms with Crippen LogP contribution >= 0.6 is 0 Å². The predicted molar refractivity (Wildman–Crippen MR) is 122 cm³/mol. The summed E-state index contributed by atoms with van der Waals surface area (Å²) < 4.78 is 41.0. The van der Waals surface area contributed by atoms with Crippen LogP contribution in [0.2, 0.25) is 0 Å². The molecule has 10 heteroatoms. The molecule has 2 aliphatic heterocycles. The van der Waals surface area contributed by atoms with E-state index in [4.69, 9.17) is 0 Å². The Morgan fingerprint density at radius 3 is 2.53 bits per heavy atom. The van der Waals surface area contributed by atoms with Gasteiger partial charge in [-0.05, 0) is 19.9 Å². The number of amides is 1. The molecule has 3 aromatic rings. The first-order valence-electron chi connectivity index (χ1n) is 11.1. The number of carbonyl (C=O) groups is 1. The Bertz CT molecular complexity index is 1270. The minimum Gasteiger partial charge on any atom is -0.369 e. The Morgan fingerprint density at radius 2 is 1.85 bits per heavy atom. The van der Waals surface area contributed by atoms with E-state index in [1.54, 1.807) is 27.0 Å². The second kappa shape index (κ2) is 8.11. The fourth-order valence-corrected chi connectivity index (χ4v) is 4.88. The highest BCUT2D eigenvalue weighted by molar-refractivity contribution is 5.89. The van der Waals surface area contributed by atoms with E-state index in [2.05, 4.69) is 25.2 Å². The van der Waals surface area contributed by atoms with Crippen molar-refractivity contribution in [2.45, 2.75) is 33.2 Å². The van der Waals surface area contributed by atoms with Gasteiger partial charge < -0.3 is 15.1 Å². The quantitative estimate of drug-likeness (QED) is 0.601. The highest BCUT2D eigenvalue weighted by atomic mass is 19.3. The number of anilines is 2. The first kappa shape index (κ1) is 22.4. The van der Waals surface area contributed by atoms with Crippen LogP contribution in [-0.4, -0.2) is 51.9 Å². The summed E-state index contributed by atoms with van der Waals surface area (Å²) in [7, 11) is 0. The number of aryl methyl sites for hydroxylation is 1. The summed E-state index contributed by atoms with van der Waals surface area (Å²) in [6.45, 7) is 8.24. The molecule has 1 atom stereocenters. The van der Waals surface area contributed by atoms with Crippen LogP contribution in [0.25, 0.3) is 11.0 Å². The third-order valence-corrected chi connectivity index (χ3v) is 6.68. The molecule has 2 saturated heterocycles. The van der Waals surface area contributed by atoms with Gasteiger partial charge in [0, 0.05) is 44.1 Å². The molecule has 2 aromatic heterocycles. The van der Waals surface area contributed by atoms with Crippen LogP contribution in [-0.2, 0) is 4.79 Å². The highest BCUT2D eigenvalue weighted by Gasteiger charge is 2.52. The van der Waals surface area contributed by atoms with Crippen molar-refractivity contribution < 1.29 is 18.0 Å². The largest absolute Gasteiger partial charge is 0.369 e. The van der Waals surface area contributed by atoms with Gasteiger partial charge in [-0.3, -0.25) is 4.79 Å². The molecule has 0 unspecified atom stereocenters. The molecular formula is C24H25F3N6O. The number of nitrogens with zero attached hydrogens (tertiary/aromatic N) is 5. The number of fused-ring (bicyclic) bond motifs is 1. The minimum absolute atomic E-state index is 0.101. The highest BCUT2D eigenvalue weighted by Crippen LogP contribution is 2.42. The van der Waals surface area contributed by atoms with E-state index >= 15 is 0 Å². The number of pyridine rings is 1. The van der Waals surface area contributed by atoms with Crippen molar-refractivity contribution in [1.82, 2.24) is 19.9 Å². The van der Waals surface area contributed by atoms with Crippen LogP contribution in [0.5, 0.6) is 0 Å². The number of halogens is 3. The van der Waals surface area contributed by atoms with Crippen molar-refractivity contribution in [2.24, 2.45) is 5.41 Å². The smallest absolute Gasteiger partial charge is 0.266 e. The predicted octanol–water partition coefficient (Wildman–Crippen LogP) is 4.25. The van der Waals surface area contributed by atoms with E-state index in [-0.39, 0.29) is 16.9 Å². The lowest BCUT2D eigenvalue weighted by molar-refractivity contribution is -0.142. The van der Waals surface area contributed by atoms with Gasteiger partial charge in [-0.2, -0.15) is 0 Å². The summed E-state index contributed by atoms with van der Waals surface area (Å²) in [5.41, 5.74) is 1.07. The van der Waals surface area contributed by atoms with Gasteiger partial charge in [-0.25, -0.2) is 28.1 Å². The zero-order chi connectivity index (χ0) is 24.2. The number of alkyl halides is 2. The number of likely N-dealkylation sites (tertiary alicyclic amines) is 1. The summed E-state index contributed by atoms with van der Waals surface area (Å²) in [6, 6.07) is 5.33. The summed E-state index contributed by atoms with van der Waals surface area (Å²) in [6.07, 6.45) is -1.12. The van der Waals surface area contributed by atoms with E-state index < -0.39 is 23.8 Å². The summed E-state index contributed by atoms with van der Waals surface area (Å²) >= 11 is 0. The zero-order valence-corrected chi connectivity index (χ0v) is 19.1. The van der Waals surface area contributed by atoms with Crippen LogP contribution in [0.1, 0.15) is 43.3 Å². The van der Waals surface area contributed by atoms with Crippen LogP contribution in [0.3, 0.4) is 0 Å². The first-order chi connectivity index (χ1) is 16.2. The number of hydrogen-bond acceptors (Lipinski definition) is 6. The molecule has 0 aliphatic carbocycles. The molecule has 1 N–H and O–H groups in total. The normalized spacial score (nSPS) is 17.6. The van der Waals surface area contributed by atoms with Crippen molar-refractivity contribution in [3.05, 3.63) is 53.2 Å². The van der Waals surface area contributed by atoms with Crippen molar-refractivity contribution in [2.75, 3.05) is 36.4 Å². The standard InChI is InChI=1S/C24H25F3N6O/c1-13(17-5-4-6-18(20(17)25)21(26)27)29-23-19-7-16(8-28-22(19)30-14(2)31-23)33-11-24(12-33)9-32(10-24)15(3)34/h4-8,13,21H,9-12H2,1-3H3,(H,28,29,30,31)/t13-/m1/s1. The number of benzene rings is 1. The first-order valence-corrected chi connectivity index (χ1v) is 11.1. The molecule has 2 aliphatic rings. The molecule has 2 fully saturated rings. The molecule has 34 heavy (non-hydrogen) atoms. The number of carbonyl (C=O) groups excluding carboxylic acids is 1. The Labute approximate surface area is 195 Å². The number of rotatable bonds is 5. The van der Waals surface area contributed by atoms with Gasteiger partial charge in [0.2, 0.25) is 5.91 Å². The monoisotopic (exact) mass is 470 g/mol. The van der Waals surface area contributed by atoms with E-state index in [1.165, 1.54) is 12.1 Å². The van der Waals surface area contributed by atoms with Gasteiger partial charge in [-0.1, -0.05) is 18.2 Å². The van der Waals surface area contributed by atoms with Gasteiger partial charge in [0.1, 0.15) is 17.5 Å². The van der Waals surface area contributed by atoms with Crippen molar-refractivity contribution in [3.63, 3.8) is 0 Å². The second-order valence-electron chi connectivity index (χ2n) is 9.33. The Balaban J connectivity index is 1.40. The molecule has 1 amide bonds. The number of hydrogen-bond donors (Lipinski definition) is 1. The maximum Gasteiger partial charge on any atom is 0.266 e. The van der Waals surface area contributed by atoms with Crippen LogP contribution in [0.4, 0.5) is 24.7 Å². The minimum atomic E-state index is -2.89. The fraction of sp³-hybridized carbons (Fsp3) is 0.417.